The number of aliphatic hydroxyl groups excluding tert-OH is 1. The second-order valence-corrected chi connectivity index (χ2v) is 6.17. The number of carbonyl (C=O) groups excluding carboxylic acids is 2. The minimum Gasteiger partial charge on any atom is -0.444 e. The highest BCUT2D eigenvalue weighted by atomic mass is 16.6. The third-order valence-electron chi connectivity index (χ3n) is 3.42. The van der Waals surface area contributed by atoms with Gasteiger partial charge in [0.05, 0.1) is 6.54 Å². The molecule has 0 aromatic carbocycles. The minimum absolute atomic E-state index is 0.189. The summed E-state index contributed by atoms with van der Waals surface area (Å²) < 4.78 is 5.29. The summed E-state index contributed by atoms with van der Waals surface area (Å²) >= 11 is 0. The lowest BCUT2D eigenvalue weighted by Gasteiger charge is -2.25. The molecular formula is C12H21N3O4. The standard InChI is InChI=1S/C12H21N3O4/c1-11(2,3)19-10(18)15-6-5-12(7-15)8(16)14(4)9(17)13-12/h9,13,17H,5-7H2,1-4H3. The zero-order valence-electron chi connectivity index (χ0n) is 11.8. The molecule has 0 radical (unpaired) electrons. The molecule has 7 nitrogen and oxygen atoms in total. The van der Waals surface area contributed by atoms with Crippen LogP contribution in [0.3, 0.4) is 0 Å². The molecule has 0 aliphatic carbocycles. The number of ether oxygens (including phenoxy) is 1. The Hall–Kier alpha value is -1.34. The van der Waals surface area contributed by atoms with Gasteiger partial charge in [-0.05, 0) is 27.2 Å². The van der Waals surface area contributed by atoms with Gasteiger partial charge < -0.3 is 19.6 Å². The fourth-order valence-electron chi connectivity index (χ4n) is 2.44. The lowest BCUT2D eigenvalue weighted by molar-refractivity contribution is -0.134. The minimum atomic E-state index is -0.994. The van der Waals surface area contributed by atoms with E-state index in [1.165, 1.54) is 16.8 Å². The first kappa shape index (κ1) is 14.1. The summed E-state index contributed by atoms with van der Waals surface area (Å²) in [4.78, 5) is 26.8. The maximum Gasteiger partial charge on any atom is 0.410 e. The van der Waals surface area contributed by atoms with Crippen LogP contribution in [0.4, 0.5) is 4.79 Å². The second-order valence-electron chi connectivity index (χ2n) is 6.17. The highest BCUT2D eigenvalue weighted by molar-refractivity contribution is 5.90. The van der Waals surface area contributed by atoms with Gasteiger partial charge >= 0.3 is 6.09 Å². The van der Waals surface area contributed by atoms with Gasteiger partial charge in [0, 0.05) is 13.6 Å². The smallest absolute Gasteiger partial charge is 0.410 e. The van der Waals surface area contributed by atoms with Crippen LogP contribution in [-0.2, 0) is 9.53 Å². The van der Waals surface area contributed by atoms with Crippen LogP contribution >= 0.6 is 0 Å². The Kier molecular flexibility index (Phi) is 3.22. The summed E-state index contributed by atoms with van der Waals surface area (Å²) in [5, 5.41) is 12.5. The van der Waals surface area contributed by atoms with Crippen molar-refractivity contribution in [2.24, 2.45) is 0 Å². The molecular weight excluding hydrogens is 250 g/mol. The second kappa shape index (κ2) is 4.35. The van der Waals surface area contributed by atoms with Crippen LogP contribution in [0.2, 0.25) is 0 Å². The summed E-state index contributed by atoms with van der Waals surface area (Å²) in [6.45, 7) is 6.06. The first-order valence-corrected chi connectivity index (χ1v) is 6.36. The quantitative estimate of drug-likeness (QED) is 0.632. The molecule has 2 saturated heterocycles. The molecule has 0 aromatic heterocycles. The first-order chi connectivity index (χ1) is 8.65. The van der Waals surface area contributed by atoms with E-state index in [9.17, 15) is 14.7 Å². The monoisotopic (exact) mass is 271 g/mol. The average molecular weight is 271 g/mol. The van der Waals surface area contributed by atoms with Crippen LogP contribution in [0.1, 0.15) is 27.2 Å². The molecule has 19 heavy (non-hydrogen) atoms. The van der Waals surface area contributed by atoms with Crippen molar-refractivity contribution < 1.29 is 19.4 Å². The van der Waals surface area contributed by atoms with E-state index in [1.807, 2.05) is 0 Å². The van der Waals surface area contributed by atoms with Gasteiger partial charge in [0.25, 0.3) is 0 Å². The topological polar surface area (TPSA) is 82.1 Å². The number of hydrogen-bond donors (Lipinski definition) is 2. The molecule has 2 aliphatic rings. The number of nitrogens with zero attached hydrogens (tertiary/aromatic N) is 2. The summed E-state index contributed by atoms with van der Waals surface area (Å²) in [7, 11) is 1.53. The van der Waals surface area contributed by atoms with Gasteiger partial charge in [0.2, 0.25) is 5.91 Å². The number of carbonyl (C=O) groups is 2. The van der Waals surface area contributed by atoms with Gasteiger partial charge in [-0.15, -0.1) is 0 Å². The molecule has 2 fully saturated rings. The molecule has 7 heteroatoms. The molecule has 2 atom stereocenters. The predicted octanol–water partition coefficient (Wildman–Crippen LogP) is -0.296. The molecule has 2 aliphatic heterocycles. The molecule has 2 rings (SSSR count). The Morgan fingerprint density at radius 1 is 1.53 bits per heavy atom. The van der Waals surface area contributed by atoms with Crippen LogP contribution in [0.5, 0.6) is 0 Å². The molecule has 0 aromatic rings. The Labute approximate surface area is 112 Å². The van der Waals surface area contributed by atoms with Gasteiger partial charge in [0.1, 0.15) is 11.1 Å². The van der Waals surface area contributed by atoms with Gasteiger partial charge in [-0.25, -0.2) is 4.79 Å². The van der Waals surface area contributed by atoms with Crippen molar-refractivity contribution in [3.05, 3.63) is 0 Å². The normalized spacial score (nSPS) is 31.4. The highest BCUT2D eigenvalue weighted by Crippen LogP contribution is 2.29. The van der Waals surface area contributed by atoms with E-state index in [0.29, 0.717) is 13.0 Å². The summed E-state index contributed by atoms with van der Waals surface area (Å²) in [6.07, 6.45) is -0.943. The van der Waals surface area contributed by atoms with E-state index in [4.69, 9.17) is 4.74 Å². The molecule has 0 saturated carbocycles. The van der Waals surface area contributed by atoms with Gasteiger partial charge in [-0.2, -0.15) is 0 Å². The third-order valence-corrected chi connectivity index (χ3v) is 3.42. The Balaban J connectivity index is 2.04. The van der Waals surface area contributed by atoms with Crippen molar-refractivity contribution in [1.82, 2.24) is 15.1 Å². The Morgan fingerprint density at radius 3 is 2.63 bits per heavy atom. The van der Waals surface area contributed by atoms with Gasteiger partial charge in [0.15, 0.2) is 6.35 Å². The number of likely N-dealkylation sites (tertiary alicyclic amines) is 1. The van der Waals surface area contributed by atoms with E-state index in [2.05, 4.69) is 5.32 Å². The van der Waals surface area contributed by atoms with Gasteiger partial charge in [-0.3, -0.25) is 10.1 Å². The van der Waals surface area contributed by atoms with Crippen LogP contribution in [0.25, 0.3) is 0 Å². The Morgan fingerprint density at radius 2 is 2.16 bits per heavy atom. The van der Waals surface area contributed by atoms with E-state index < -0.39 is 23.6 Å². The number of amides is 2. The number of aliphatic hydroxyl groups is 1. The van der Waals surface area contributed by atoms with Crippen LogP contribution in [0.15, 0.2) is 0 Å². The number of nitrogens with one attached hydrogen (secondary N) is 1. The van der Waals surface area contributed by atoms with E-state index in [1.54, 1.807) is 20.8 Å². The Bertz CT molecular complexity index is 406. The zero-order chi connectivity index (χ0) is 14.4. The van der Waals surface area contributed by atoms with E-state index in [0.717, 1.165) is 0 Å². The van der Waals surface area contributed by atoms with Crippen molar-refractivity contribution in [1.29, 1.82) is 0 Å². The van der Waals surface area contributed by atoms with Crippen molar-refractivity contribution in [2.75, 3.05) is 20.1 Å². The van der Waals surface area contributed by atoms with Crippen molar-refractivity contribution >= 4 is 12.0 Å². The van der Waals surface area contributed by atoms with E-state index in [-0.39, 0.29) is 12.5 Å². The lowest BCUT2D eigenvalue weighted by atomic mass is 9.99. The largest absolute Gasteiger partial charge is 0.444 e. The first-order valence-electron chi connectivity index (χ1n) is 6.36. The summed E-state index contributed by atoms with van der Waals surface area (Å²) in [6, 6.07) is 0. The van der Waals surface area contributed by atoms with Crippen molar-refractivity contribution in [3.8, 4) is 0 Å². The molecule has 2 N–H and O–H groups in total. The molecule has 2 amide bonds. The zero-order valence-corrected chi connectivity index (χ0v) is 11.8. The van der Waals surface area contributed by atoms with Crippen LogP contribution in [-0.4, -0.2) is 64.5 Å². The molecule has 108 valence electrons. The number of likely N-dealkylation sites (N-methyl/N-ethyl adjacent to an activating group) is 1. The summed E-state index contributed by atoms with van der Waals surface area (Å²) in [5.74, 6) is -0.189. The third kappa shape index (κ3) is 2.52. The highest BCUT2D eigenvalue weighted by Gasteiger charge is 2.54. The fraction of sp³-hybridized carbons (Fsp3) is 0.833. The SMILES string of the molecule is CN1C(=O)C2(CCN(C(=O)OC(C)(C)C)C2)NC1O. The molecule has 0 bridgehead atoms. The molecule has 2 heterocycles. The fourth-order valence-corrected chi connectivity index (χ4v) is 2.44. The number of hydrogen-bond acceptors (Lipinski definition) is 5. The van der Waals surface area contributed by atoms with E-state index >= 15 is 0 Å². The van der Waals surface area contributed by atoms with Crippen LogP contribution < -0.4 is 5.32 Å². The van der Waals surface area contributed by atoms with Crippen LogP contribution in [0, 0.1) is 0 Å². The van der Waals surface area contributed by atoms with Crippen molar-refractivity contribution in [3.63, 3.8) is 0 Å². The van der Waals surface area contributed by atoms with Gasteiger partial charge in [-0.1, -0.05) is 0 Å². The van der Waals surface area contributed by atoms with Crippen molar-refractivity contribution in [2.45, 2.75) is 44.7 Å². The summed E-state index contributed by atoms with van der Waals surface area (Å²) in [5.41, 5.74) is -1.43. The average Bonchev–Trinajstić information content (AvgIpc) is 2.77. The number of rotatable bonds is 0. The maximum atomic E-state index is 12.1. The maximum absolute atomic E-state index is 12.1. The predicted molar refractivity (Wildman–Crippen MR) is 67.1 cm³/mol. The molecule has 2 unspecified atom stereocenters. The molecule has 1 spiro atoms. The lowest BCUT2D eigenvalue weighted by Crippen LogP contribution is -2.50.